The Morgan fingerprint density at radius 1 is 1.32 bits per heavy atom. The number of furan rings is 1. The molecule has 9 heteroatoms. The standard InChI is InChI=1S/C16H17N3O6/c1-10-4-5-11(19(23)24)9-12(10)18-16(22)15(21)17-7-6-13(20)14-3-2-8-25-14/h2-5,8-9,13,20H,6-7H2,1H3,(H,17,21)(H,18,22). The van der Waals surface area contributed by atoms with Crippen LogP contribution in [0.5, 0.6) is 0 Å². The summed E-state index contributed by atoms with van der Waals surface area (Å²) in [5.41, 5.74) is 0.577. The molecule has 0 aliphatic carbocycles. The van der Waals surface area contributed by atoms with Gasteiger partial charge in [0.2, 0.25) is 0 Å². The molecule has 0 saturated carbocycles. The van der Waals surface area contributed by atoms with E-state index in [1.165, 1.54) is 24.5 Å². The highest BCUT2D eigenvalue weighted by Gasteiger charge is 2.17. The molecule has 132 valence electrons. The summed E-state index contributed by atoms with van der Waals surface area (Å²) in [4.78, 5) is 33.8. The van der Waals surface area contributed by atoms with Crippen LogP contribution in [0.4, 0.5) is 11.4 Å². The van der Waals surface area contributed by atoms with Gasteiger partial charge in [0, 0.05) is 18.7 Å². The minimum Gasteiger partial charge on any atom is -0.467 e. The van der Waals surface area contributed by atoms with Crippen LogP contribution < -0.4 is 10.6 Å². The Labute approximate surface area is 142 Å². The van der Waals surface area contributed by atoms with Crippen molar-refractivity contribution in [3.05, 3.63) is 58.0 Å². The monoisotopic (exact) mass is 347 g/mol. The second-order valence-electron chi connectivity index (χ2n) is 5.29. The summed E-state index contributed by atoms with van der Waals surface area (Å²) in [6.45, 7) is 1.71. The van der Waals surface area contributed by atoms with Gasteiger partial charge in [-0.3, -0.25) is 19.7 Å². The molecule has 0 radical (unpaired) electrons. The van der Waals surface area contributed by atoms with E-state index in [1.54, 1.807) is 19.1 Å². The van der Waals surface area contributed by atoms with E-state index in [-0.39, 0.29) is 24.3 Å². The number of anilines is 1. The van der Waals surface area contributed by atoms with Gasteiger partial charge in [-0.15, -0.1) is 0 Å². The van der Waals surface area contributed by atoms with Gasteiger partial charge < -0.3 is 20.2 Å². The molecule has 2 aromatic rings. The molecule has 9 nitrogen and oxygen atoms in total. The van der Waals surface area contributed by atoms with E-state index in [0.717, 1.165) is 0 Å². The van der Waals surface area contributed by atoms with Crippen molar-refractivity contribution in [2.24, 2.45) is 0 Å². The van der Waals surface area contributed by atoms with Crippen molar-refractivity contribution < 1.29 is 24.0 Å². The molecule has 0 aliphatic rings. The van der Waals surface area contributed by atoms with Gasteiger partial charge in [-0.2, -0.15) is 0 Å². The molecule has 1 unspecified atom stereocenters. The maximum atomic E-state index is 11.9. The van der Waals surface area contributed by atoms with Gasteiger partial charge >= 0.3 is 11.8 Å². The minimum absolute atomic E-state index is 0.0576. The maximum Gasteiger partial charge on any atom is 0.313 e. The van der Waals surface area contributed by atoms with E-state index < -0.39 is 22.8 Å². The Bertz CT molecular complexity index is 772. The number of carbonyl (C=O) groups is 2. The van der Waals surface area contributed by atoms with Crippen molar-refractivity contribution in [3.8, 4) is 0 Å². The van der Waals surface area contributed by atoms with Crippen molar-refractivity contribution in [2.45, 2.75) is 19.4 Å². The fraction of sp³-hybridized carbons (Fsp3) is 0.250. The number of nitrogens with zero attached hydrogens (tertiary/aromatic N) is 1. The lowest BCUT2D eigenvalue weighted by Crippen LogP contribution is -2.36. The first-order valence-corrected chi connectivity index (χ1v) is 7.44. The normalized spacial score (nSPS) is 11.6. The van der Waals surface area contributed by atoms with Crippen LogP contribution in [-0.4, -0.2) is 28.4 Å². The SMILES string of the molecule is Cc1ccc([N+](=O)[O-])cc1NC(=O)C(=O)NCCC(O)c1ccco1. The first kappa shape index (κ1) is 18.1. The topological polar surface area (TPSA) is 135 Å². The summed E-state index contributed by atoms with van der Waals surface area (Å²) in [5.74, 6) is -1.49. The quantitative estimate of drug-likeness (QED) is 0.413. The third kappa shape index (κ3) is 4.88. The zero-order valence-corrected chi connectivity index (χ0v) is 13.4. The average molecular weight is 347 g/mol. The Hall–Kier alpha value is -3.20. The summed E-state index contributed by atoms with van der Waals surface area (Å²) in [5, 5.41) is 25.3. The van der Waals surface area contributed by atoms with Crippen LogP contribution in [-0.2, 0) is 9.59 Å². The summed E-state index contributed by atoms with van der Waals surface area (Å²) in [6, 6.07) is 7.20. The number of hydrogen-bond acceptors (Lipinski definition) is 6. The molecular formula is C16H17N3O6. The van der Waals surface area contributed by atoms with Crippen molar-refractivity contribution in [1.82, 2.24) is 5.32 Å². The lowest BCUT2D eigenvalue weighted by Gasteiger charge is -2.10. The molecule has 0 saturated heterocycles. The molecule has 0 spiro atoms. The molecule has 1 heterocycles. The number of carbonyl (C=O) groups excluding carboxylic acids is 2. The highest BCUT2D eigenvalue weighted by Crippen LogP contribution is 2.21. The van der Waals surface area contributed by atoms with Crippen molar-refractivity contribution >= 4 is 23.2 Å². The van der Waals surface area contributed by atoms with Gasteiger partial charge in [-0.1, -0.05) is 6.07 Å². The fourth-order valence-electron chi connectivity index (χ4n) is 2.06. The predicted octanol–water partition coefficient (Wildman–Crippen LogP) is 1.67. The number of aliphatic hydroxyl groups is 1. The number of nitro groups is 1. The van der Waals surface area contributed by atoms with Crippen LogP contribution in [0.25, 0.3) is 0 Å². The zero-order valence-electron chi connectivity index (χ0n) is 13.4. The van der Waals surface area contributed by atoms with E-state index in [4.69, 9.17) is 4.42 Å². The molecule has 0 bridgehead atoms. The van der Waals surface area contributed by atoms with Gasteiger partial charge in [0.05, 0.1) is 16.9 Å². The predicted molar refractivity (Wildman–Crippen MR) is 87.8 cm³/mol. The van der Waals surface area contributed by atoms with E-state index >= 15 is 0 Å². The molecule has 1 aromatic carbocycles. The Balaban J connectivity index is 1.87. The molecule has 1 atom stereocenters. The van der Waals surface area contributed by atoms with Gasteiger partial charge in [-0.05, 0) is 31.0 Å². The molecule has 2 rings (SSSR count). The number of rotatable bonds is 6. The number of nitro benzene ring substituents is 1. The number of benzene rings is 1. The number of nitrogens with one attached hydrogen (secondary N) is 2. The van der Waals surface area contributed by atoms with E-state index in [9.17, 15) is 24.8 Å². The van der Waals surface area contributed by atoms with Crippen LogP contribution in [0, 0.1) is 17.0 Å². The van der Waals surface area contributed by atoms with Gasteiger partial charge in [0.15, 0.2) is 0 Å². The van der Waals surface area contributed by atoms with Crippen LogP contribution >= 0.6 is 0 Å². The molecule has 0 fully saturated rings. The van der Waals surface area contributed by atoms with E-state index in [0.29, 0.717) is 11.3 Å². The van der Waals surface area contributed by atoms with Crippen LogP contribution in [0.2, 0.25) is 0 Å². The molecular weight excluding hydrogens is 330 g/mol. The summed E-state index contributed by atoms with van der Waals surface area (Å²) in [7, 11) is 0. The molecule has 2 amide bonds. The minimum atomic E-state index is -0.948. The largest absolute Gasteiger partial charge is 0.467 e. The number of amides is 2. The smallest absolute Gasteiger partial charge is 0.313 e. The highest BCUT2D eigenvalue weighted by molar-refractivity contribution is 6.39. The molecule has 3 N–H and O–H groups in total. The number of hydrogen-bond donors (Lipinski definition) is 3. The Kier molecular flexibility index (Phi) is 5.85. The van der Waals surface area contributed by atoms with Crippen LogP contribution in [0.15, 0.2) is 41.0 Å². The first-order chi connectivity index (χ1) is 11.9. The fourth-order valence-corrected chi connectivity index (χ4v) is 2.06. The average Bonchev–Trinajstić information content (AvgIpc) is 3.10. The van der Waals surface area contributed by atoms with Gasteiger partial charge in [-0.25, -0.2) is 0 Å². The Morgan fingerprint density at radius 2 is 2.08 bits per heavy atom. The van der Waals surface area contributed by atoms with Gasteiger partial charge in [0.1, 0.15) is 11.9 Å². The second kappa shape index (κ2) is 8.06. The third-order valence-electron chi connectivity index (χ3n) is 3.46. The maximum absolute atomic E-state index is 11.9. The lowest BCUT2D eigenvalue weighted by molar-refractivity contribution is -0.384. The van der Waals surface area contributed by atoms with Crippen LogP contribution in [0.3, 0.4) is 0 Å². The van der Waals surface area contributed by atoms with Crippen molar-refractivity contribution in [3.63, 3.8) is 0 Å². The van der Waals surface area contributed by atoms with E-state index in [1.807, 2.05) is 0 Å². The highest BCUT2D eigenvalue weighted by atomic mass is 16.6. The number of non-ortho nitro benzene ring substituents is 1. The van der Waals surface area contributed by atoms with Gasteiger partial charge in [0.25, 0.3) is 5.69 Å². The lowest BCUT2D eigenvalue weighted by atomic mass is 10.2. The number of aliphatic hydroxyl groups excluding tert-OH is 1. The zero-order chi connectivity index (χ0) is 18.4. The molecule has 1 aromatic heterocycles. The first-order valence-electron chi connectivity index (χ1n) is 7.44. The Morgan fingerprint density at radius 3 is 2.72 bits per heavy atom. The summed E-state index contributed by atoms with van der Waals surface area (Å²) in [6.07, 6.45) is 0.700. The molecule has 25 heavy (non-hydrogen) atoms. The van der Waals surface area contributed by atoms with Crippen molar-refractivity contribution in [1.29, 1.82) is 0 Å². The van der Waals surface area contributed by atoms with E-state index in [2.05, 4.69) is 10.6 Å². The summed E-state index contributed by atoms with van der Waals surface area (Å²) < 4.78 is 5.03. The molecule has 0 aliphatic heterocycles. The third-order valence-corrected chi connectivity index (χ3v) is 3.46. The van der Waals surface area contributed by atoms with Crippen LogP contribution in [0.1, 0.15) is 23.8 Å². The number of aryl methyl sites for hydroxylation is 1. The van der Waals surface area contributed by atoms with Crippen molar-refractivity contribution in [2.75, 3.05) is 11.9 Å². The second-order valence-corrected chi connectivity index (χ2v) is 5.29. The summed E-state index contributed by atoms with van der Waals surface area (Å²) >= 11 is 0.